The van der Waals surface area contributed by atoms with Crippen molar-refractivity contribution in [1.29, 1.82) is 0 Å². The third kappa shape index (κ3) is 3.22. The Morgan fingerprint density at radius 3 is 1.79 bits per heavy atom. The zero-order valence-electron chi connectivity index (χ0n) is 14.2. The highest BCUT2D eigenvalue weighted by atomic mass is 14.4. The number of fused-ring (bicyclic) bond motifs is 1. The highest BCUT2D eigenvalue weighted by Crippen LogP contribution is 2.46. The van der Waals surface area contributed by atoms with Crippen LogP contribution < -0.4 is 0 Å². The highest BCUT2D eigenvalue weighted by Gasteiger charge is 2.36. The molecule has 1 aromatic rings. The predicted molar refractivity (Wildman–Crippen MR) is 87.2 cm³/mol. The van der Waals surface area contributed by atoms with E-state index in [1.54, 1.807) is 11.1 Å². The molecule has 0 saturated carbocycles. The molecular weight excluding hydrogens is 228 g/mol. The maximum atomic E-state index is 2.46. The van der Waals surface area contributed by atoms with Crippen molar-refractivity contribution in [1.82, 2.24) is 0 Å². The Morgan fingerprint density at radius 1 is 0.842 bits per heavy atom. The first kappa shape index (κ1) is 16.3. The Morgan fingerprint density at radius 2 is 1.32 bits per heavy atom. The molecule has 0 heteroatoms. The molecule has 0 spiro atoms. The first-order valence-corrected chi connectivity index (χ1v) is 7.89. The van der Waals surface area contributed by atoms with Crippen LogP contribution in [0.1, 0.15) is 90.8 Å². The second-order valence-corrected chi connectivity index (χ2v) is 7.23. The maximum absolute atomic E-state index is 2.46. The van der Waals surface area contributed by atoms with E-state index in [0.717, 1.165) is 0 Å². The van der Waals surface area contributed by atoms with E-state index in [1.807, 2.05) is 13.8 Å². The van der Waals surface area contributed by atoms with Crippen LogP contribution in [-0.2, 0) is 10.8 Å². The van der Waals surface area contributed by atoms with Crippen molar-refractivity contribution >= 4 is 0 Å². The fourth-order valence-corrected chi connectivity index (χ4v) is 2.97. The van der Waals surface area contributed by atoms with Gasteiger partial charge in [0.15, 0.2) is 0 Å². The molecule has 1 aromatic carbocycles. The SMILES string of the molecule is CC.CC(C)c1ccc2c(c1)C(C)(C)CCC2(C)C. The molecule has 0 saturated heterocycles. The summed E-state index contributed by atoms with van der Waals surface area (Å²) in [7, 11) is 0. The van der Waals surface area contributed by atoms with E-state index >= 15 is 0 Å². The van der Waals surface area contributed by atoms with E-state index in [0.29, 0.717) is 16.7 Å². The molecule has 19 heavy (non-hydrogen) atoms. The van der Waals surface area contributed by atoms with Crippen molar-refractivity contribution in [3.05, 3.63) is 34.9 Å². The number of benzene rings is 1. The third-order valence-electron chi connectivity index (χ3n) is 4.54. The molecular formula is C19H32. The Kier molecular flexibility index (Phi) is 4.87. The quantitative estimate of drug-likeness (QED) is 0.565. The fourth-order valence-electron chi connectivity index (χ4n) is 2.97. The van der Waals surface area contributed by atoms with Gasteiger partial charge in [-0.15, -0.1) is 0 Å². The summed E-state index contributed by atoms with van der Waals surface area (Å²) in [4.78, 5) is 0. The Bertz CT molecular complexity index is 422. The largest absolute Gasteiger partial charge is 0.0683 e. The molecule has 1 aliphatic rings. The molecule has 108 valence electrons. The Hall–Kier alpha value is -0.780. The zero-order valence-corrected chi connectivity index (χ0v) is 14.2. The van der Waals surface area contributed by atoms with Gasteiger partial charge in [0, 0.05) is 0 Å². The van der Waals surface area contributed by atoms with E-state index in [4.69, 9.17) is 0 Å². The lowest BCUT2D eigenvalue weighted by atomic mass is 9.63. The van der Waals surface area contributed by atoms with Gasteiger partial charge in [-0.05, 0) is 46.3 Å². The third-order valence-corrected chi connectivity index (χ3v) is 4.54. The first-order valence-electron chi connectivity index (χ1n) is 7.89. The summed E-state index contributed by atoms with van der Waals surface area (Å²) in [5, 5.41) is 0. The van der Waals surface area contributed by atoms with Crippen LogP contribution in [-0.4, -0.2) is 0 Å². The minimum absolute atomic E-state index is 0.343. The van der Waals surface area contributed by atoms with Gasteiger partial charge in [0.25, 0.3) is 0 Å². The van der Waals surface area contributed by atoms with Gasteiger partial charge >= 0.3 is 0 Å². The van der Waals surface area contributed by atoms with Gasteiger partial charge in [0.1, 0.15) is 0 Å². The van der Waals surface area contributed by atoms with Gasteiger partial charge in [0.05, 0.1) is 0 Å². The van der Waals surface area contributed by atoms with Crippen molar-refractivity contribution in [2.45, 2.75) is 85.0 Å². The van der Waals surface area contributed by atoms with Crippen LogP contribution in [0.2, 0.25) is 0 Å². The molecule has 2 rings (SSSR count). The van der Waals surface area contributed by atoms with Crippen LogP contribution in [0.15, 0.2) is 18.2 Å². The van der Waals surface area contributed by atoms with E-state index in [-0.39, 0.29) is 0 Å². The number of hydrogen-bond donors (Lipinski definition) is 0. The molecule has 0 aromatic heterocycles. The lowest BCUT2D eigenvalue weighted by Crippen LogP contribution is -2.33. The second kappa shape index (κ2) is 5.69. The summed E-state index contributed by atoms with van der Waals surface area (Å²) in [6, 6.07) is 7.17. The van der Waals surface area contributed by atoms with Crippen LogP contribution in [0.25, 0.3) is 0 Å². The number of hydrogen-bond acceptors (Lipinski definition) is 0. The molecule has 0 atom stereocenters. The summed E-state index contributed by atoms with van der Waals surface area (Å²) in [5.74, 6) is 0.626. The van der Waals surface area contributed by atoms with E-state index in [2.05, 4.69) is 59.7 Å². The summed E-state index contributed by atoms with van der Waals surface area (Å²) in [5.41, 5.74) is 5.32. The predicted octanol–water partition coefficient (Wildman–Crippen LogP) is 6.19. The average molecular weight is 260 g/mol. The van der Waals surface area contributed by atoms with E-state index in [1.165, 1.54) is 18.4 Å². The van der Waals surface area contributed by atoms with Crippen molar-refractivity contribution < 1.29 is 0 Å². The van der Waals surface area contributed by atoms with Crippen molar-refractivity contribution in [2.24, 2.45) is 0 Å². The van der Waals surface area contributed by atoms with E-state index in [9.17, 15) is 0 Å². The van der Waals surface area contributed by atoms with Crippen LogP contribution in [0, 0.1) is 0 Å². The summed E-state index contributed by atoms with van der Waals surface area (Å²) < 4.78 is 0. The van der Waals surface area contributed by atoms with Gasteiger partial charge in [-0.25, -0.2) is 0 Å². The lowest BCUT2D eigenvalue weighted by molar-refractivity contribution is 0.331. The van der Waals surface area contributed by atoms with Gasteiger partial charge in [-0.3, -0.25) is 0 Å². The summed E-state index contributed by atoms with van der Waals surface area (Å²) >= 11 is 0. The van der Waals surface area contributed by atoms with Gasteiger partial charge in [-0.2, -0.15) is 0 Å². The first-order chi connectivity index (χ1) is 8.74. The van der Waals surface area contributed by atoms with Crippen LogP contribution in [0.4, 0.5) is 0 Å². The molecule has 0 N–H and O–H groups in total. The highest BCUT2D eigenvalue weighted by molar-refractivity contribution is 5.44. The molecule has 0 amide bonds. The standard InChI is InChI=1S/C17H26.C2H6/c1-12(2)13-7-8-14-15(11-13)17(5,6)10-9-16(14,3)4;1-2/h7-8,11-12H,9-10H2,1-6H3;1-2H3. The summed E-state index contributed by atoms with van der Waals surface area (Å²) in [6.07, 6.45) is 2.60. The monoisotopic (exact) mass is 260 g/mol. The molecule has 0 aliphatic heterocycles. The van der Waals surface area contributed by atoms with Crippen LogP contribution in [0.3, 0.4) is 0 Å². The fraction of sp³-hybridized carbons (Fsp3) is 0.684. The molecule has 0 fully saturated rings. The number of rotatable bonds is 1. The molecule has 0 heterocycles. The molecule has 0 radical (unpaired) electrons. The van der Waals surface area contributed by atoms with Gasteiger partial charge in [0.2, 0.25) is 0 Å². The Balaban J connectivity index is 0.000000861. The zero-order chi connectivity index (χ0) is 14.8. The van der Waals surface area contributed by atoms with Gasteiger partial charge in [-0.1, -0.05) is 73.6 Å². The van der Waals surface area contributed by atoms with E-state index < -0.39 is 0 Å². The average Bonchev–Trinajstić information content (AvgIpc) is 2.37. The molecule has 1 aliphatic carbocycles. The normalized spacial score (nSPS) is 19.4. The second-order valence-electron chi connectivity index (χ2n) is 7.23. The lowest BCUT2D eigenvalue weighted by Gasteiger charge is -2.42. The molecule has 0 unspecified atom stereocenters. The minimum Gasteiger partial charge on any atom is -0.0683 e. The summed E-state index contributed by atoms with van der Waals surface area (Å²) in [6.45, 7) is 18.1. The maximum Gasteiger partial charge on any atom is -0.0100 e. The minimum atomic E-state index is 0.343. The Labute approximate surface area is 120 Å². The van der Waals surface area contributed by atoms with Crippen LogP contribution >= 0.6 is 0 Å². The smallest absolute Gasteiger partial charge is 0.0100 e. The van der Waals surface area contributed by atoms with Crippen molar-refractivity contribution in [3.8, 4) is 0 Å². The van der Waals surface area contributed by atoms with Crippen molar-refractivity contribution in [2.75, 3.05) is 0 Å². The van der Waals surface area contributed by atoms with Gasteiger partial charge < -0.3 is 0 Å². The molecule has 0 bridgehead atoms. The van der Waals surface area contributed by atoms with Crippen molar-refractivity contribution in [3.63, 3.8) is 0 Å². The topological polar surface area (TPSA) is 0 Å². The van der Waals surface area contributed by atoms with Crippen LogP contribution in [0.5, 0.6) is 0 Å². The molecule has 0 nitrogen and oxygen atoms in total.